The summed E-state index contributed by atoms with van der Waals surface area (Å²) in [5.41, 5.74) is -0.0781. The number of thioether (sulfide) groups is 1. The van der Waals surface area contributed by atoms with Crippen LogP contribution in [0.2, 0.25) is 0 Å². The Balaban J connectivity index is 2.04. The predicted octanol–water partition coefficient (Wildman–Crippen LogP) is 0.666. The maximum Gasteiger partial charge on any atom is 0.313 e. The van der Waals surface area contributed by atoms with Crippen LogP contribution in [-0.4, -0.2) is 37.5 Å². The second kappa shape index (κ2) is 6.50. The molecule has 0 radical (unpaired) electrons. The number of anilines is 1. The van der Waals surface area contributed by atoms with E-state index in [1.165, 1.54) is 22.9 Å². The average Bonchev–Trinajstić information content (AvgIpc) is 2.87. The number of hydrogen-bond acceptors (Lipinski definition) is 7. The molecule has 0 atom stereocenters. The van der Waals surface area contributed by atoms with Gasteiger partial charge in [0, 0.05) is 24.9 Å². The van der Waals surface area contributed by atoms with Gasteiger partial charge in [-0.3, -0.25) is 19.7 Å². The van der Waals surface area contributed by atoms with Crippen LogP contribution in [0.1, 0.15) is 10.4 Å². The molecule has 10 heteroatoms. The van der Waals surface area contributed by atoms with Gasteiger partial charge in [-0.25, -0.2) is 0 Å². The third kappa shape index (κ3) is 4.13. The Labute approximate surface area is 126 Å². The number of carbonyl (C=O) groups excluding carboxylic acids is 1. The van der Waals surface area contributed by atoms with Gasteiger partial charge in [-0.2, -0.15) is 0 Å². The highest BCUT2D eigenvalue weighted by Crippen LogP contribution is 2.25. The molecule has 0 aromatic carbocycles. The van der Waals surface area contributed by atoms with Gasteiger partial charge in [-0.1, -0.05) is 23.1 Å². The summed E-state index contributed by atoms with van der Waals surface area (Å²) in [6.07, 6.45) is 1.49. The molecule has 0 unspecified atom stereocenters. The number of aromatic nitrogens is 3. The molecule has 0 fully saturated rings. The number of nitrogens with one attached hydrogen (secondary N) is 1. The lowest BCUT2D eigenvalue weighted by Gasteiger charge is -2.01. The highest BCUT2D eigenvalue weighted by molar-refractivity contribution is 8.01. The summed E-state index contributed by atoms with van der Waals surface area (Å²) in [7, 11) is 1.58. The monoisotopic (exact) mass is 326 g/mol. The number of hydrogen-bond donors (Lipinski definition) is 2. The van der Waals surface area contributed by atoms with E-state index in [4.69, 9.17) is 5.11 Å². The van der Waals surface area contributed by atoms with E-state index in [0.29, 0.717) is 4.34 Å². The number of carboxylic acid groups (broad SMARTS) is 1. The minimum absolute atomic E-state index is 0.128. The van der Waals surface area contributed by atoms with Gasteiger partial charge in [0.25, 0.3) is 11.5 Å². The molecule has 0 saturated carbocycles. The third-order valence-electron chi connectivity index (χ3n) is 2.31. The zero-order chi connectivity index (χ0) is 15.4. The molecule has 2 heterocycles. The van der Waals surface area contributed by atoms with Crippen molar-refractivity contribution in [3.63, 3.8) is 0 Å². The van der Waals surface area contributed by atoms with Crippen LogP contribution in [0.15, 0.2) is 27.5 Å². The number of aryl methyl sites for hydroxylation is 1. The summed E-state index contributed by atoms with van der Waals surface area (Å²) in [6, 6.07) is 2.73. The fraction of sp³-hybridized carbons (Fsp3) is 0.182. The lowest BCUT2D eigenvalue weighted by atomic mass is 10.2. The molecule has 110 valence electrons. The number of carbonyl (C=O) groups is 2. The van der Waals surface area contributed by atoms with E-state index in [2.05, 4.69) is 15.5 Å². The molecule has 0 spiro atoms. The maximum absolute atomic E-state index is 11.9. The Kier molecular flexibility index (Phi) is 4.70. The normalized spacial score (nSPS) is 10.3. The first-order valence-electron chi connectivity index (χ1n) is 5.62. The van der Waals surface area contributed by atoms with Gasteiger partial charge in [0.2, 0.25) is 5.13 Å². The van der Waals surface area contributed by atoms with Crippen LogP contribution in [0, 0.1) is 0 Å². The van der Waals surface area contributed by atoms with Gasteiger partial charge in [-0.05, 0) is 6.07 Å². The van der Waals surface area contributed by atoms with Crippen molar-refractivity contribution in [1.29, 1.82) is 0 Å². The summed E-state index contributed by atoms with van der Waals surface area (Å²) in [5, 5.41) is 18.8. The van der Waals surface area contributed by atoms with Crippen molar-refractivity contribution in [3.05, 3.63) is 34.2 Å². The van der Waals surface area contributed by atoms with Gasteiger partial charge in [0.05, 0.1) is 5.75 Å². The molecule has 2 N–H and O–H groups in total. The Morgan fingerprint density at radius 3 is 2.90 bits per heavy atom. The molecule has 21 heavy (non-hydrogen) atoms. The van der Waals surface area contributed by atoms with E-state index in [9.17, 15) is 14.4 Å². The first-order chi connectivity index (χ1) is 9.95. The lowest BCUT2D eigenvalue weighted by Crippen LogP contribution is -2.19. The molecule has 0 aliphatic rings. The number of pyridine rings is 1. The molecule has 0 bridgehead atoms. The van der Waals surface area contributed by atoms with Crippen LogP contribution in [0.5, 0.6) is 0 Å². The topological polar surface area (TPSA) is 114 Å². The number of amides is 1. The van der Waals surface area contributed by atoms with Crippen LogP contribution in [0.4, 0.5) is 5.13 Å². The standard InChI is InChI=1S/C11H10N4O4S2/c1-15-3-2-6(4-7(15)16)9(19)12-10-13-14-11(21-10)20-5-8(17)18/h2-4H,5H2,1H3,(H,17,18)(H,12,13,19). The molecule has 2 aromatic heterocycles. The molecular formula is C11H10N4O4S2. The van der Waals surface area contributed by atoms with E-state index >= 15 is 0 Å². The van der Waals surface area contributed by atoms with E-state index in [1.807, 2.05) is 0 Å². The zero-order valence-corrected chi connectivity index (χ0v) is 12.4. The average molecular weight is 326 g/mol. The molecule has 1 amide bonds. The van der Waals surface area contributed by atoms with Gasteiger partial charge < -0.3 is 9.67 Å². The predicted molar refractivity (Wildman–Crippen MR) is 77.9 cm³/mol. The molecule has 0 aliphatic heterocycles. The van der Waals surface area contributed by atoms with E-state index in [-0.39, 0.29) is 22.0 Å². The third-order valence-corrected chi connectivity index (χ3v) is 4.27. The zero-order valence-electron chi connectivity index (χ0n) is 10.8. The van der Waals surface area contributed by atoms with Crippen molar-refractivity contribution >= 4 is 40.1 Å². The summed E-state index contributed by atoms with van der Waals surface area (Å²) in [4.78, 5) is 33.8. The smallest absolute Gasteiger partial charge is 0.313 e. The number of aliphatic carboxylic acids is 1. The molecule has 8 nitrogen and oxygen atoms in total. The molecular weight excluding hydrogens is 316 g/mol. The first-order valence-corrected chi connectivity index (χ1v) is 7.42. The van der Waals surface area contributed by atoms with Crippen LogP contribution in [-0.2, 0) is 11.8 Å². The van der Waals surface area contributed by atoms with Crippen LogP contribution in [0.25, 0.3) is 0 Å². The Morgan fingerprint density at radius 1 is 1.48 bits per heavy atom. The molecule has 2 rings (SSSR count). The quantitative estimate of drug-likeness (QED) is 0.613. The van der Waals surface area contributed by atoms with Crippen molar-refractivity contribution in [2.75, 3.05) is 11.1 Å². The SMILES string of the molecule is Cn1ccc(C(=O)Nc2nnc(SCC(=O)O)s2)cc1=O. The Bertz CT molecular complexity index is 740. The second-order valence-corrected chi connectivity index (χ2v) is 6.07. The minimum atomic E-state index is -0.957. The summed E-state index contributed by atoms with van der Waals surface area (Å²) < 4.78 is 1.79. The Hall–Kier alpha value is -2.20. The highest BCUT2D eigenvalue weighted by Gasteiger charge is 2.12. The van der Waals surface area contributed by atoms with Crippen LogP contribution in [0.3, 0.4) is 0 Å². The summed E-state index contributed by atoms with van der Waals surface area (Å²) in [6.45, 7) is 0. The summed E-state index contributed by atoms with van der Waals surface area (Å²) in [5.74, 6) is -1.56. The van der Waals surface area contributed by atoms with Crippen LogP contribution < -0.4 is 10.9 Å². The Morgan fingerprint density at radius 2 is 2.24 bits per heavy atom. The van der Waals surface area contributed by atoms with Crippen molar-refractivity contribution in [2.45, 2.75) is 4.34 Å². The summed E-state index contributed by atoms with van der Waals surface area (Å²) >= 11 is 2.08. The molecule has 0 saturated heterocycles. The van der Waals surface area contributed by atoms with Gasteiger partial charge in [-0.15, -0.1) is 10.2 Å². The van der Waals surface area contributed by atoms with E-state index in [1.54, 1.807) is 7.05 Å². The van der Waals surface area contributed by atoms with Crippen LogP contribution >= 0.6 is 23.1 Å². The highest BCUT2D eigenvalue weighted by atomic mass is 32.2. The van der Waals surface area contributed by atoms with Gasteiger partial charge in [0.15, 0.2) is 4.34 Å². The lowest BCUT2D eigenvalue weighted by molar-refractivity contribution is -0.133. The first kappa shape index (κ1) is 15.2. The largest absolute Gasteiger partial charge is 0.481 e. The second-order valence-electron chi connectivity index (χ2n) is 3.87. The maximum atomic E-state index is 11.9. The fourth-order valence-corrected chi connectivity index (χ4v) is 2.77. The number of nitrogens with zero attached hydrogens (tertiary/aromatic N) is 3. The van der Waals surface area contributed by atoms with Crippen molar-refractivity contribution in [2.24, 2.45) is 7.05 Å². The van der Waals surface area contributed by atoms with E-state index in [0.717, 1.165) is 23.1 Å². The molecule has 0 aliphatic carbocycles. The van der Waals surface area contributed by atoms with Gasteiger partial charge in [0.1, 0.15) is 0 Å². The van der Waals surface area contributed by atoms with Crippen molar-refractivity contribution in [3.8, 4) is 0 Å². The minimum Gasteiger partial charge on any atom is -0.481 e. The van der Waals surface area contributed by atoms with Crippen molar-refractivity contribution in [1.82, 2.24) is 14.8 Å². The number of carboxylic acids is 1. The van der Waals surface area contributed by atoms with E-state index < -0.39 is 11.9 Å². The van der Waals surface area contributed by atoms with Gasteiger partial charge >= 0.3 is 5.97 Å². The fourth-order valence-electron chi connectivity index (χ4n) is 1.30. The number of rotatable bonds is 5. The van der Waals surface area contributed by atoms with Crippen molar-refractivity contribution < 1.29 is 14.7 Å². The molecule has 2 aromatic rings.